The molecule has 1 aliphatic rings. The zero-order valence-electron chi connectivity index (χ0n) is 28.7. The second kappa shape index (κ2) is 11.9. The molecule has 1 aromatic heterocycles. The van der Waals surface area contributed by atoms with Gasteiger partial charge >= 0.3 is 0 Å². The number of nitrogens with zero attached hydrogens (tertiary/aromatic N) is 3. The Labute approximate surface area is 290 Å². The van der Waals surface area contributed by atoms with Gasteiger partial charge in [0.25, 0.3) is 0 Å². The van der Waals surface area contributed by atoms with Crippen molar-refractivity contribution in [2.45, 2.75) is 38.9 Å². The van der Waals surface area contributed by atoms with Crippen LogP contribution in [0.15, 0.2) is 146 Å². The van der Waals surface area contributed by atoms with Gasteiger partial charge in [0.2, 0.25) is 0 Å². The van der Waals surface area contributed by atoms with Crippen LogP contribution in [0.4, 0.5) is 0 Å². The summed E-state index contributed by atoms with van der Waals surface area (Å²) in [5.74, 6) is 1.98. The second-order valence-electron chi connectivity index (χ2n) is 14.6. The first kappa shape index (κ1) is 30.9. The smallest absolute Gasteiger partial charge is 0.164 e. The summed E-state index contributed by atoms with van der Waals surface area (Å²) in [5.41, 5.74) is 13.2. The molecule has 0 amide bonds. The van der Waals surface area contributed by atoms with Crippen LogP contribution in [0.5, 0.6) is 0 Å². The highest BCUT2D eigenvalue weighted by Gasteiger charge is 2.36. The molecular weight excluding hydrogens is 611 g/mol. The van der Waals surface area contributed by atoms with E-state index in [9.17, 15) is 0 Å². The van der Waals surface area contributed by atoms with E-state index in [1.54, 1.807) is 0 Å². The monoisotopic (exact) mass is 649 g/mol. The Balaban J connectivity index is 1.13. The lowest BCUT2D eigenvalue weighted by molar-refractivity contribution is 0.660. The van der Waals surface area contributed by atoms with Gasteiger partial charge in [-0.15, -0.1) is 0 Å². The third-order valence-corrected chi connectivity index (χ3v) is 12.0. The van der Waals surface area contributed by atoms with Gasteiger partial charge in [0.1, 0.15) is 0 Å². The first-order chi connectivity index (χ1) is 23.6. The summed E-state index contributed by atoms with van der Waals surface area (Å²) >= 11 is 0. The molecule has 0 saturated heterocycles. The van der Waals surface area contributed by atoms with Crippen LogP contribution >= 0.6 is 0 Å². The van der Waals surface area contributed by atoms with Crippen LogP contribution in [0.25, 0.3) is 67.5 Å². The maximum atomic E-state index is 4.94. The fourth-order valence-electron chi connectivity index (χ4n) is 7.05. The molecule has 0 bridgehead atoms. The molecule has 0 fully saturated rings. The van der Waals surface area contributed by atoms with Crippen LogP contribution in [-0.4, -0.2) is 23.0 Å². The fourth-order valence-corrected chi connectivity index (χ4v) is 8.21. The Hall–Kier alpha value is -5.45. The van der Waals surface area contributed by atoms with Crippen molar-refractivity contribution in [2.75, 3.05) is 0 Å². The van der Waals surface area contributed by atoms with Crippen molar-refractivity contribution in [1.82, 2.24) is 15.0 Å². The van der Waals surface area contributed by atoms with E-state index in [2.05, 4.69) is 118 Å². The SMILES string of the molecule is CC1(C)c2ccc(-c3ccc(-c4cccc(-c5nc(-c6ccccc6)nc(-c6ccccc6)n5)c4)cc3)cc2-c2cc([Si](C)(C)C)ccc21. The normalized spacial score (nSPS) is 13.2. The number of benzene rings is 6. The predicted octanol–water partition coefficient (Wildman–Crippen LogP) is 11.1. The van der Waals surface area contributed by atoms with Crippen LogP contribution in [0, 0.1) is 0 Å². The van der Waals surface area contributed by atoms with Crippen molar-refractivity contribution in [1.29, 1.82) is 0 Å². The van der Waals surface area contributed by atoms with Crippen LogP contribution in [0.2, 0.25) is 19.6 Å². The zero-order valence-corrected chi connectivity index (χ0v) is 29.7. The van der Waals surface area contributed by atoms with Crippen molar-refractivity contribution >= 4 is 13.3 Å². The third-order valence-electron chi connectivity index (χ3n) is 9.91. The number of hydrogen-bond acceptors (Lipinski definition) is 3. The molecule has 7 aromatic rings. The van der Waals surface area contributed by atoms with E-state index in [0.717, 1.165) is 27.8 Å². The number of rotatable bonds is 6. The van der Waals surface area contributed by atoms with E-state index in [-0.39, 0.29) is 5.41 Å². The predicted molar refractivity (Wildman–Crippen MR) is 208 cm³/mol. The summed E-state index contributed by atoms with van der Waals surface area (Å²) in [6.45, 7) is 12.0. The van der Waals surface area contributed by atoms with Gasteiger partial charge in [-0.05, 0) is 56.6 Å². The molecule has 4 heteroatoms. The van der Waals surface area contributed by atoms with Crippen LogP contribution in [0.3, 0.4) is 0 Å². The summed E-state index contributed by atoms with van der Waals surface area (Å²) in [7, 11) is -1.43. The molecule has 1 heterocycles. The van der Waals surface area contributed by atoms with Gasteiger partial charge in [-0.3, -0.25) is 0 Å². The first-order valence-corrected chi connectivity index (χ1v) is 20.5. The fraction of sp³-hybridized carbons (Fsp3) is 0.133. The molecule has 0 N–H and O–H groups in total. The Morgan fingerprint density at radius 2 is 0.816 bits per heavy atom. The van der Waals surface area contributed by atoms with Gasteiger partial charge in [-0.2, -0.15) is 0 Å². The molecule has 0 aliphatic heterocycles. The highest BCUT2D eigenvalue weighted by molar-refractivity contribution is 6.88. The van der Waals surface area contributed by atoms with E-state index in [1.807, 2.05) is 60.7 Å². The topological polar surface area (TPSA) is 38.7 Å². The van der Waals surface area contributed by atoms with Crippen LogP contribution < -0.4 is 5.19 Å². The summed E-state index contributed by atoms with van der Waals surface area (Å²) in [6, 6.07) is 51.9. The number of hydrogen-bond donors (Lipinski definition) is 0. The van der Waals surface area contributed by atoms with E-state index in [0.29, 0.717) is 17.5 Å². The standard InChI is InChI=1S/C45H39N3Si/c1-45(2)40-25-23-35(28-38(40)39-29-37(49(3,4)5)24-26-41(39)45)31-21-19-30(20-22-31)34-17-12-18-36(27-34)44-47-42(32-13-8-6-9-14-32)46-43(48-44)33-15-10-7-11-16-33/h6-29H,1-5H3. The molecule has 0 radical (unpaired) electrons. The molecule has 0 atom stereocenters. The summed E-state index contributed by atoms with van der Waals surface area (Å²) < 4.78 is 0. The Kier molecular flexibility index (Phi) is 7.50. The highest BCUT2D eigenvalue weighted by Crippen LogP contribution is 2.49. The van der Waals surface area contributed by atoms with Gasteiger partial charge < -0.3 is 0 Å². The second-order valence-corrected chi connectivity index (χ2v) is 19.7. The maximum absolute atomic E-state index is 4.94. The van der Waals surface area contributed by atoms with Gasteiger partial charge in [0, 0.05) is 22.1 Å². The summed E-state index contributed by atoms with van der Waals surface area (Å²) in [5, 5.41) is 1.51. The van der Waals surface area contributed by atoms with Crippen LogP contribution in [-0.2, 0) is 5.41 Å². The summed E-state index contributed by atoms with van der Waals surface area (Å²) in [4.78, 5) is 14.7. The Morgan fingerprint density at radius 1 is 0.388 bits per heavy atom. The molecule has 1 aliphatic carbocycles. The third kappa shape index (κ3) is 5.72. The highest BCUT2D eigenvalue weighted by atomic mass is 28.3. The lowest BCUT2D eigenvalue weighted by atomic mass is 9.82. The van der Waals surface area contributed by atoms with Crippen molar-refractivity contribution in [3.63, 3.8) is 0 Å². The van der Waals surface area contributed by atoms with Gasteiger partial charge in [-0.25, -0.2) is 15.0 Å². The molecule has 0 saturated carbocycles. The zero-order chi connectivity index (χ0) is 33.8. The Bertz CT molecular complexity index is 2260. The average molecular weight is 650 g/mol. The molecule has 238 valence electrons. The van der Waals surface area contributed by atoms with Gasteiger partial charge in [-0.1, -0.05) is 172 Å². The van der Waals surface area contributed by atoms with Crippen molar-refractivity contribution < 1.29 is 0 Å². The minimum absolute atomic E-state index is 0.00170. The average Bonchev–Trinajstić information content (AvgIpc) is 3.37. The van der Waals surface area contributed by atoms with E-state index < -0.39 is 8.07 Å². The van der Waals surface area contributed by atoms with Gasteiger partial charge in [0.15, 0.2) is 17.5 Å². The van der Waals surface area contributed by atoms with Gasteiger partial charge in [0.05, 0.1) is 8.07 Å². The molecule has 0 spiro atoms. The lowest BCUT2D eigenvalue weighted by Gasteiger charge is -2.23. The Morgan fingerprint density at radius 3 is 1.37 bits per heavy atom. The largest absolute Gasteiger partial charge is 0.208 e. The maximum Gasteiger partial charge on any atom is 0.164 e. The number of fused-ring (bicyclic) bond motifs is 3. The first-order valence-electron chi connectivity index (χ1n) is 17.0. The molecule has 0 unspecified atom stereocenters. The summed E-state index contributed by atoms with van der Waals surface area (Å²) in [6.07, 6.45) is 0. The van der Waals surface area contributed by atoms with E-state index >= 15 is 0 Å². The lowest BCUT2D eigenvalue weighted by Crippen LogP contribution is -2.37. The quantitative estimate of drug-likeness (QED) is 0.168. The van der Waals surface area contributed by atoms with E-state index in [4.69, 9.17) is 15.0 Å². The minimum atomic E-state index is -1.43. The number of aromatic nitrogens is 3. The molecule has 6 aromatic carbocycles. The molecule has 49 heavy (non-hydrogen) atoms. The van der Waals surface area contributed by atoms with Crippen molar-refractivity contribution in [3.8, 4) is 67.5 Å². The van der Waals surface area contributed by atoms with E-state index in [1.165, 1.54) is 38.6 Å². The van der Waals surface area contributed by atoms with Crippen molar-refractivity contribution in [3.05, 3.63) is 157 Å². The van der Waals surface area contributed by atoms with Crippen molar-refractivity contribution in [2.24, 2.45) is 0 Å². The molecular formula is C45H39N3Si. The minimum Gasteiger partial charge on any atom is -0.208 e. The van der Waals surface area contributed by atoms with Crippen LogP contribution in [0.1, 0.15) is 25.0 Å². The molecule has 3 nitrogen and oxygen atoms in total. The molecule has 8 rings (SSSR count).